The maximum absolute atomic E-state index is 13.3. The minimum Gasteiger partial charge on any atom is -0.493 e. The SMILES string of the molecule is C#CCCCCCOc1ccc(CCC(N)(CO)CO)cc1C(F)(F)F. The summed E-state index contributed by atoms with van der Waals surface area (Å²) in [7, 11) is 0. The molecule has 26 heavy (non-hydrogen) atoms. The molecule has 0 unspecified atom stereocenters. The van der Waals surface area contributed by atoms with Gasteiger partial charge in [-0.3, -0.25) is 0 Å². The van der Waals surface area contributed by atoms with E-state index in [2.05, 4.69) is 5.92 Å². The van der Waals surface area contributed by atoms with Crippen LogP contribution in [-0.4, -0.2) is 35.6 Å². The van der Waals surface area contributed by atoms with Crippen LogP contribution in [0.3, 0.4) is 0 Å². The summed E-state index contributed by atoms with van der Waals surface area (Å²) in [6, 6.07) is 3.87. The number of ether oxygens (including phenoxy) is 1. The van der Waals surface area contributed by atoms with E-state index in [0.717, 1.165) is 18.9 Å². The number of halogens is 3. The molecule has 4 N–H and O–H groups in total. The average Bonchev–Trinajstić information content (AvgIpc) is 2.62. The molecule has 1 aromatic rings. The van der Waals surface area contributed by atoms with Crippen LogP contribution >= 0.6 is 0 Å². The monoisotopic (exact) mass is 373 g/mol. The van der Waals surface area contributed by atoms with Crippen LogP contribution in [0.2, 0.25) is 0 Å². The van der Waals surface area contributed by atoms with Gasteiger partial charge in [0.25, 0.3) is 0 Å². The van der Waals surface area contributed by atoms with Crippen molar-refractivity contribution in [3.05, 3.63) is 29.3 Å². The molecule has 0 radical (unpaired) electrons. The van der Waals surface area contributed by atoms with Gasteiger partial charge in [0.05, 0.1) is 30.9 Å². The summed E-state index contributed by atoms with van der Waals surface area (Å²) < 4.78 is 45.2. The van der Waals surface area contributed by atoms with Crippen LogP contribution in [0.1, 0.15) is 43.2 Å². The summed E-state index contributed by atoms with van der Waals surface area (Å²) in [5, 5.41) is 18.3. The first-order chi connectivity index (χ1) is 12.3. The van der Waals surface area contributed by atoms with Gasteiger partial charge in [-0.05, 0) is 49.8 Å². The molecule has 0 spiro atoms. The van der Waals surface area contributed by atoms with Crippen molar-refractivity contribution in [1.82, 2.24) is 0 Å². The molecule has 0 heterocycles. The highest BCUT2D eigenvalue weighted by atomic mass is 19.4. The average molecular weight is 373 g/mol. The smallest absolute Gasteiger partial charge is 0.419 e. The van der Waals surface area contributed by atoms with Gasteiger partial charge < -0.3 is 20.7 Å². The summed E-state index contributed by atoms with van der Waals surface area (Å²) in [5.41, 5.74) is 4.11. The fourth-order valence-corrected chi connectivity index (χ4v) is 2.37. The lowest BCUT2D eigenvalue weighted by Gasteiger charge is -2.24. The topological polar surface area (TPSA) is 75.7 Å². The highest BCUT2D eigenvalue weighted by Crippen LogP contribution is 2.37. The second kappa shape index (κ2) is 10.4. The van der Waals surface area contributed by atoms with E-state index in [0.29, 0.717) is 18.4 Å². The molecule has 0 aliphatic rings. The Balaban J connectivity index is 2.76. The summed E-state index contributed by atoms with van der Waals surface area (Å²) in [5.74, 6) is 2.31. The molecule has 1 aromatic carbocycles. The van der Waals surface area contributed by atoms with Crippen molar-refractivity contribution in [3.8, 4) is 18.1 Å². The van der Waals surface area contributed by atoms with E-state index in [1.54, 1.807) is 0 Å². The molecule has 0 saturated carbocycles. The quantitative estimate of drug-likeness (QED) is 0.412. The minimum atomic E-state index is -4.54. The zero-order valence-electron chi connectivity index (χ0n) is 14.7. The van der Waals surface area contributed by atoms with Gasteiger partial charge in [-0.1, -0.05) is 6.07 Å². The minimum absolute atomic E-state index is 0.159. The largest absolute Gasteiger partial charge is 0.493 e. The lowest BCUT2D eigenvalue weighted by atomic mass is 9.93. The van der Waals surface area contributed by atoms with Gasteiger partial charge in [0, 0.05) is 6.42 Å². The Hall–Kier alpha value is -1.75. The third kappa shape index (κ3) is 7.24. The van der Waals surface area contributed by atoms with Gasteiger partial charge in [0.15, 0.2) is 0 Å². The summed E-state index contributed by atoms with van der Waals surface area (Å²) >= 11 is 0. The number of hydrogen-bond donors (Lipinski definition) is 3. The second-order valence-electron chi connectivity index (χ2n) is 6.37. The van der Waals surface area contributed by atoms with E-state index in [4.69, 9.17) is 27.1 Å². The number of terminal acetylenes is 1. The molecule has 0 aliphatic heterocycles. The Morgan fingerprint density at radius 1 is 1.12 bits per heavy atom. The predicted octanol–water partition coefficient (Wildman–Crippen LogP) is 2.89. The normalized spacial score (nSPS) is 12.0. The van der Waals surface area contributed by atoms with E-state index in [1.165, 1.54) is 12.1 Å². The molecule has 1 rings (SSSR count). The number of hydrogen-bond acceptors (Lipinski definition) is 4. The van der Waals surface area contributed by atoms with E-state index in [9.17, 15) is 13.2 Å². The van der Waals surface area contributed by atoms with Crippen LogP contribution in [0.15, 0.2) is 18.2 Å². The number of nitrogens with two attached hydrogens (primary N) is 1. The number of aliphatic hydroxyl groups is 2. The van der Waals surface area contributed by atoms with E-state index in [-0.39, 0.29) is 25.2 Å². The fraction of sp³-hybridized carbons (Fsp3) is 0.579. The highest BCUT2D eigenvalue weighted by Gasteiger charge is 2.35. The van der Waals surface area contributed by atoms with Crippen molar-refractivity contribution < 1.29 is 28.1 Å². The van der Waals surface area contributed by atoms with Crippen LogP contribution in [0.4, 0.5) is 13.2 Å². The van der Waals surface area contributed by atoms with E-state index in [1.807, 2.05) is 0 Å². The first kappa shape index (κ1) is 22.3. The lowest BCUT2D eigenvalue weighted by molar-refractivity contribution is -0.139. The summed E-state index contributed by atoms with van der Waals surface area (Å²) in [6.07, 6.45) is 3.86. The Labute approximate surface area is 152 Å². The molecule has 0 bridgehead atoms. The molecule has 0 aliphatic carbocycles. The third-order valence-corrected chi connectivity index (χ3v) is 4.11. The molecule has 0 saturated heterocycles. The number of aryl methyl sites for hydroxylation is 1. The van der Waals surface area contributed by atoms with Crippen molar-refractivity contribution in [2.45, 2.75) is 50.2 Å². The summed E-state index contributed by atoms with van der Waals surface area (Å²) in [4.78, 5) is 0. The van der Waals surface area contributed by atoms with Crippen LogP contribution in [0, 0.1) is 12.3 Å². The van der Waals surface area contributed by atoms with Crippen molar-refractivity contribution >= 4 is 0 Å². The Kier molecular flexibility index (Phi) is 8.93. The molecule has 146 valence electrons. The van der Waals surface area contributed by atoms with Gasteiger partial charge >= 0.3 is 6.18 Å². The Bertz CT molecular complexity index is 593. The Morgan fingerprint density at radius 2 is 1.81 bits per heavy atom. The summed E-state index contributed by atoms with van der Waals surface area (Å²) in [6.45, 7) is -0.707. The van der Waals surface area contributed by atoms with Crippen molar-refractivity contribution in [3.63, 3.8) is 0 Å². The molecule has 7 heteroatoms. The van der Waals surface area contributed by atoms with Gasteiger partial charge in [0.2, 0.25) is 0 Å². The molecule has 0 fully saturated rings. The van der Waals surface area contributed by atoms with Crippen molar-refractivity contribution in [2.24, 2.45) is 5.73 Å². The van der Waals surface area contributed by atoms with Crippen molar-refractivity contribution in [2.75, 3.05) is 19.8 Å². The van der Waals surface area contributed by atoms with E-state index >= 15 is 0 Å². The maximum Gasteiger partial charge on any atom is 0.419 e. The maximum atomic E-state index is 13.3. The van der Waals surface area contributed by atoms with Gasteiger partial charge in [-0.15, -0.1) is 12.3 Å². The molecular weight excluding hydrogens is 347 g/mol. The molecule has 0 atom stereocenters. The second-order valence-corrected chi connectivity index (χ2v) is 6.37. The van der Waals surface area contributed by atoms with Crippen molar-refractivity contribution in [1.29, 1.82) is 0 Å². The van der Waals surface area contributed by atoms with Gasteiger partial charge in [0.1, 0.15) is 5.75 Å². The predicted molar refractivity (Wildman–Crippen MR) is 93.7 cm³/mol. The molecule has 4 nitrogen and oxygen atoms in total. The van der Waals surface area contributed by atoms with Crippen LogP contribution in [0.25, 0.3) is 0 Å². The first-order valence-corrected chi connectivity index (χ1v) is 8.53. The van der Waals surface area contributed by atoms with Crippen LogP contribution in [-0.2, 0) is 12.6 Å². The number of benzene rings is 1. The fourth-order valence-electron chi connectivity index (χ4n) is 2.37. The number of unbranched alkanes of at least 4 members (excludes halogenated alkanes) is 3. The Morgan fingerprint density at radius 3 is 2.38 bits per heavy atom. The molecule has 0 aromatic heterocycles. The molecule has 0 amide bonds. The zero-order valence-corrected chi connectivity index (χ0v) is 14.7. The zero-order chi connectivity index (χ0) is 19.6. The third-order valence-electron chi connectivity index (χ3n) is 4.11. The van der Waals surface area contributed by atoms with E-state index < -0.39 is 30.5 Å². The van der Waals surface area contributed by atoms with Crippen LogP contribution in [0.5, 0.6) is 5.75 Å². The number of alkyl halides is 3. The van der Waals surface area contributed by atoms with Gasteiger partial charge in [-0.2, -0.15) is 13.2 Å². The number of rotatable bonds is 11. The highest BCUT2D eigenvalue weighted by molar-refractivity contribution is 5.39. The number of aliphatic hydroxyl groups excluding tert-OH is 2. The van der Waals surface area contributed by atoms with Gasteiger partial charge in [-0.25, -0.2) is 0 Å². The first-order valence-electron chi connectivity index (χ1n) is 8.53. The lowest BCUT2D eigenvalue weighted by Crippen LogP contribution is -2.47. The standard InChI is InChI=1S/C19H26F3NO3/c1-2-3-4-5-6-11-26-17-8-7-15(12-16(17)19(20,21)22)9-10-18(23,13-24)14-25/h1,7-8,12,24-25H,3-6,9-11,13-14,23H2. The van der Waals surface area contributed by atoms with Crippen LogP contribution < -0.4 is 10.5 Å². The molecular formula is C19H26F3NO3.